The molecule has 0 spiro atoms. The van der Waals surface area contributed by atoms with Crippen LogP contribution in [0.2, 0.25) is 0 Å². The fraction of sp³-hybridized carbons (Fsp3) is 0.500. The molecule has 7 heteroatoms. The van der Waals surface area contributed by atoms with Gasteiger partial charge in [-0.15, -0.1) is 0 Å². The van der Waals surface area contributed by atoms with Crippen molar-refractivity contribution >= 4 is 17.7 Å². The first-order valence-corrected chi connectivity index (χ1v) is 13.8. The Kier molecular flexibility index (Phi) is 6.72. The van der Waals surface area contributed by atoms with Crippen LogP contribution in [0.4, 0.5) is 0 Å². The van der Waals surface area contributed by atoms with Gasteiger partial charge in [0.1, 0.15) is 18.4 Å². The van der Waals surface area contributed by atoms with E-state index < -0.39 is 6.04 Å². The summed E-state index contributed by atoms with van der Waals surface area (Å²) in [7, 11) is 0. The number of hydrogen-bond acceptors (Lipinski definition) is 5. The molecule has 2 unspecified atom stereocenters. The van der Waals surface area contributed by atoms with Crippen LogP contribution in [0.15, 0.2) is 42.5 Å². The maximum atomic E-state index is 13.0. The third-order valence-corrected chi connectivity index (χ3v) is 8.70. The molecule has 3 heterocycles. The molecule has 0 aromatic heterocycles. The Morgan fingerprint density at radius 2 is 1.81 bits per heavy atom. The van der Waals surface area contributed by atoms with E-state index in [-0.39, 0.29) is 24.1 Å². The van der Waals surface area contributed by atoms with E-state index in [2.05, 4.69) is 41.0 Å². The van der Waals surface area contributed by atoms with Crippen LogP contribution in [0, 0.1) is 11.8 Å². The fourth-order valence-corrected chi connectivity index (χ4v) is 6.66. The summed E-state index contributed by atoms with van der Waals surface area (Å²) in [6.45, 7) is 2.16. The number of imide groups is 1. The van der Waals surface area contributed by atoms with Gasteiger partial charge in [0.2, 0.25) is 11.8 Å². The van der Waals surface area contributed by atoms with Gasteiger partial charge in [-0.25, -0.2) is 0 Å². The lowest BCUT2D eigenvalue weighted by atomic mass is 9.76. The predicted octanol–water partition coefficient (Wildman–Crippen LogP) is 3.39. The number of ether oxygens (including phenoxy) is 1. The monoisotopic (exact) mass is 501 g/mol. The molecule has 2 aromatic carbocycles. The number of carbonyl (C=O) groups is 3. The van der Waals surface area contributed by atoms with Crippen LogP contribution in [-0.4, -0.2) is 47.9 Å². The summed E-state index contributed by atoms with van der Waals surface area (Å²) in [5.41, 5.74) is 4.23. The second kappa shape index (κ2) is 10.3. The van der Waals surface area contributed by atoms with Crippen LogP contribution in [0.1, 0.15) is 65.6 Å². The number of nitrogens with zero attached hydrogens (tertiary/aromatic N) is 1. The number of carbonyl (C=O) groups excluding carboxylic acids is 3. The Labute approximate surface area is 217 Å². The lowest BCUT2D eigenvalue weighted by molar-refractivity contribution is -0.136. The maximum absolute atomic E-state index is 13.0. The largest absolute Gasteiger partial charge is 0.492 e. The van der Waals surface area contributed by atoms with Gasteiger partial charge < -0.3 is 15.0 Å². The summed E-state index contributed by atoms with van der Waals surface area (Å²) in [5.74, 6) is 1.53. The number of hydrogen-bond donors (Lipinski definition) is 2. The smallest absolute Gasteiger partial charge is 0.255 e. The number of para-hydroxylation sites is 1. The van der Waals surface area contributed by atoms with E-state index in [4.69, 9.17) is 4.74 Å². The molecule has 4 aliphatic rings. The maximum Gasteiger partial charge on any atom is 0.255 e. The molecule has 37 heavy (non-hydrogen) atoms. The van der Waals surface area contributed by atoms with Crippen molar-refractivity contribution in [2.24, 2.45) is 11.8 Å². The minimum absolute atomic E-state index is 0.105. The molecule has 6 rings (SSSR count). The Bertz CT molecular complexity index is 1210. The Hall–Kier alpha value is -3.19. The minimum atomic E-state index is -0.564. The van der Waals surface area contributed by atoms with Crippen molar-refractivity contribution in [3.05, 3.63) is 64.7 Å². The van der Waals surface area contributed by atoms with E-state index in [1.165, 1.54) is 36.8 Å². The van der Waals surface area contributed by atoms with Gasteiger partial charge in [0.05, 0.1) is 0 Å². The summed E-state index contributed by atoms with van der Waals surface area (Å²) >= 11 is 0. The Morgan fingerprint density at radius 3 is 2.68 bits per heavy atom. The summed E-state index contributed by atoms with van der Waals surface area (Å²) in [4.78, 5) is 38.5. The van der Waals surface area contributed by atoms with Gasteiger partial charge in [0.15, 0.2) is 0 Å². The van der Waals surface area contributed by atoms with E-state index in [0.29, 0.717) is 36.4 Å². The third-order valence-electron chi connectivity index (χ3n) is 8.70. The van der Waals surface area contributed by atoms with Gasteiger partial charge in [-0.2, -0.15) is 0 Å². The first-order valence-electron chi connectivity index (χ1n) is 13.8. The first kappa shape index (κ1) is 24.2. The second-order valence-corrected chi connectivity index (χ2v) is 11.1. The molecule has 2 N–H and O–H groups in total. The molecule has 0 radical (unpaired) electrons. The molecule has 194 valence electrons. The minimum Gasteiger partial charge on any atom is -0.492 e. The van der Waals surface area contributed by atoms with E-state index in [1.807, 2.05) is 12.1 Å². The van der Waals surface area contributed by atoms with Crippen LogP contribution in [-0.2, 0) is 29.0 Å². The SMILES string of the molecule is O=C1CCC(N2Cc3cc(C[C@H]4CCCC[C@@H]4CNC4COc5ccccc5C4)ccc3C2=O)C(=O)N1. The Balaban J connectivity index is 1.08. The van der Waals surface area contributed by atoms with Crippen molar-refractivity contribution in [2.75, 3.05) is 13.2 Å². The van der Waals surface area contributed by atoms with Crippen molar-refractivity contribution in [3.63, 3.8) is 0 Å². The van der Waals surface area contributed by atoms with Crippen LogP contribution in [0.5, 0.6) is 5.75 Å². The lowest BCUT2D eigenvalue weighted by Gasteiger charge is -2.34. The highest BCUT2D eigenvalue weighted by Gasteiger charge is 2.39. The van der Waals surface area contributed by atoms with E-state index >= 15 is 0 Å². The summed E-state index contributed by atoms with van der Waals surface area (Å²) in [6, 6.07) is 14.3. The average Bonchev–Trinajstić information content (AvgIpc) is 3.23. The normalized spacial score (nSPS) is 27.4. The van der Waals surface area contributed by atoms with Gasteiger partial charge >= 0.3 is 0 Å². The topological polar surface area (TPSA) is 87.7 Å². The highest BCUT2D eigenvalue weighted by atomic mass is 16.5. The zero-order valence-corrected chi connectivity index (χ0v) is 21.2. The molecule has 1 saturated carbocycles. The number of fused-ring (bicyclic) bond motifs is 2. The van der Waals surface area contributed by atoms with Crippen molar-refractivity contribution in [1.29, 1.82) is 0 Å². The number of nitrogens with one attached hydrogen (secondary N) is 2. The molecule has 2 fully saturated rings. The molecule has 7 nitrogen and oxygen atoms in total. The number of piperidine rings is 1. The standard InChI is InChI=1S/C30H35N3O4/c34-28-12-11-26(29(35)32-28)33-17-23-14-19(9-10-25(23)30(33)36)13-20-5-1-2-7-22(20)16-31-24-15-21-6-3-4-8-27(21)37-18-24/h3-4,6,8-10,14,20,22,24,26,31H,1-2,5,7,11-13,15-18H2,(H,32,34,35)/t20-,22-,24?,26?/m1/s1. The second-order valence-electron chi connectivity index (χ2n) is 11.1. The molecule has 1 saturated heterocycles. The van der Waals surface area contributed by atoms with Crippen LogP contribution in [0.3, 0.4) is 0 Å². The fourth-order valence-electron chi connectivity index (χ4n) is 6.66. The highest BCUT2D eigenvalue weighted by Crippen LogP contribution is 2.34. The van der Waals surface area contributed by atoms with Gasteiger partial charge in [-0.1, -0.05) is 43.2 Å². The van der Waals surface area contributed by atoms with Crippen molar-refractivity contribution in [1.82, 2.24) is 15.5 Å². The molecule has 4 atom stereocenters. The molecule has 3 aliphatic heterocycles. The summed E-state index contributed by atoms with van der Waals surface area (Å²) < 4.78 is 5.98. The van der Waals surface area contributed by atoms with Crippen LogP contribution < -0.4 is 15.4 Å². The zero-order valence-electron chi connectivity index (χ0n) is 21.2. The van der Waals surface area contributed by atoms with Gasteiger partial charge in [-0.3, -0.25) is 19.7 Å². The molecular formula is C30H35N3O4. The van der Waals surface area contributed by atoms with E-state index in [0.717, 1.165) is 37.3 Å². The summed E-state index contributed by atoms with van der Waals surface area (Å²) in [5, 5.41) is 6.19. The van der Waals surface area contributed by atoms with Crippen LogP contribution in [0.25, 0.3) is 0 Å². The number of amides is 3. The third kappa shape index (κ3) is 5.01. The van der Waals surface area contributed by atoms with Gasteiger partial charge in [-0.05, 0) is 79.3 Å². The lowest BCUT2D eigenvalue weighted by Crippen LogP contribution is -2.52. The molecule has 0 bridgehead atoms. The molecular weight excluding hydrogens is 466 g/mol. The van der Waals surface area contributed by atoms with Crippen molar-refractivity contribution < 1.29 is 19.1 Å². The van der Waals surface area contributed by atoms with E-state index in [1.54, 1.807) is 4.90 Å². The number of rotatable bonds is 6. The van der Waals surface area contributed by atoms with Crippen LogP contribution >= 0.6 is 0 Å². The molecule has 1 aliphatic carbocycles. The predicted molar refractivity (Wildman–Crippen MR) is 139 cm³/mol. The number of benzene rings is 2. The first-order chi connectivity index (χ1) is 18.0. The molecule has 3 amide bonds. The van der Waals surface area contributed by atoms with Crippen molar-refractivity contribution in [2.45, 2.75) is 70.0 Å². The average molecular weight is 502 g/mol. The van der Waals surface area contributed by atoms with Gasteiger partial charge in [0, 0.05) is 24.6 Å². The Morgan fingerprint density at radius 1 is 0.973 bits per heavy atom. The van der Waals surface area contributed by atoms with E-state index in [9.17, 15) is 14.4 Å². The highest BCUT2D eigenvalue weighted by molar-refractivity contribution is 6.05. The van der Waals surface area contributed by atoms with Crippen molar-refractivity contribution in [3.8, 4) is 5.75 Å². The van der Waals surface area contributed by atoms with Gasteiger partial charge in [0.25, 0.3) is 5.91 Å². The zero-order chi connectivity index (χ0) is 25.4. The molecule has 2 aromatic rings. The summed E-state index contributed by atoms with van der Waals surface area (Å²) in [6.07, 6.45) is 7.72. The quantitative estimate of drug-likeness (QED) is 0.593.